The van der Waals surface area contributed by atoms with Crippen molar-refractivity contribution in [3.63, 3.8) is 0 Å². The van der Waals surface area contributed by atoms with Crippen LogP contribution in [0.15, 0.2) is 17.0 Å². The fourth-order valence-corrected chi connectivity index (χ4v) is 3.22. The van der Waals surface area contributed by atoms with E-state index in [0.717, 1.165) is 12.1 Å². The Bertz CT molecular complexity index is 592. The molecule has 0 aromatic heterocycles. The van der Waals surface area contributed by atoms with Crippen molar-refractivity contribution in [2.75, 3.05) is 18.0 Å². The molecule has 0 amide bonds. The van der Waals surface area contributed by atoms with E-state index in [0.29, 0.717) is 0 Å². The van der Waals surface area contributed by atoms with Crippen molar-refractivity contribution in [3.05, 3.63) is 23.0 Å². The van der Waals surface area contributed by atoms with Crippen LogP contribution in [0, 0.1) is 5.82 Å². The highest BCUT2D eigenvalue weighted by Gasteiger charge is 2.28. The average molecular weight is 353 g/mol. The third-order valence-corrected chi connectivity index (χ3v) is 4.40. The van der Waals surface area contributed by atoms with Crippen molar-refractivity contribution < 1.29 is 26.0 Å². The van der Waals surface area contributed by atoms with Gasteiger partial charge in [-0.1, -0.05) is 11.6 Å². The Morgan fingerprint density at radius 2 is 1.95 bits per heavy atom. The lowest BCUT2D eigenvalue weighted by atomic mass is 10.3. The molecule has 1 aromatic rings. The van der Waals surface area contributed by atoms with Gasteiger partial charge in [0.25, 0.3) is 0 Å². The van der Waals surface area contributed by atoms with Crippen molar-refractivity contribution in [2.45, 2.75) is 10.4 Å². The molecule has 0 aliphatic heterocycles. The Kier molecular flexibility index (Phi) is 5.53. The lowest BCUT2D eigenvalue weighted by molar-refractivity contribution is -0.0327. The van der Waals surface area contributed by atoms with Gasteiger partial charge in [-0.2, -0.15) is 13.2 Å². The molecule has 0 heterocycles. The number of halogens is 5. The van der Waals surface area contributed by atoms with Crippen LogP contribution in [0.25, 0.3) is 0 Å². The molecule has 114 valence electrons. The molecule has 1 rings (SSSR count). The van der Waals surface area contributed by atoms with Gasteiger partial charge in [-0.15, -0.1) is 0 Å². The lowest BCUT2D eigenvalue weighted by Gasteiger charge is -2.10. The molecule has 0 saturated carbocycles. The minimum Gasteiger partial charge on any atom is -0.396 e. The molecule has 0 aliphatic carbocycles. The molecule has 0 atom stereocenters. The maximum atomic E-state index is 13.6. The second-order valence-corrected chi connectivity index (χ2v) is 6.83. The number of hydrogen-bond acceptors (Lipinski definition) is 4. The van der Waals surface area contributed by atoms with E-state index < -0.39 is 56.0 Å². The Labute approximate surface area is 121 Å². The summed E-state index contributed by atoms with van der Waals surface area (Å²) in [5.41, 5.74) is 0.295. The van der Waals surface area contributed by atoms with Gasteiger partial charge in [-0.25, -0.2) is 17.5 Å². The van der Waals surface area contributed by atoms with Gasteiger partial charge in [0.05, 0.1) is 5.69 Å². The molecule has 4 nitrogen and oxygen atoms in total. The summed E-state index contributed by atoms with van der Waals surface area (Å²) in [7, 11) is -4.32. The Hall–Kier alpha value is -0.710. The second-order valence-electron chi connectivity index (χ2n) is 3.50. The zero-order chi connectivity index (χ0) is 15.6. The highest BCUT2D eigenvalue weighted by Crippen LogP contribution is 2.29. The molecule has 11 heteroatoms. The molecule has 0 unspecified atom stereocenters. The first kappa shape index (κ1) is 17.3. The zero-order valence-corrected chi connectivity index (χ0v) is 12.1. The van der Waals surface area contributed by atoms with Crippen molar-refractivity contribution in [3.8, 4) is 0 Å². The van der Waals surface area contributed by atoms with Crippen LogP contribution in [0.3, 0.4) is 0 Å². The highest BCUT2D eigenvalue weighted by atomic mass is 35.5. The molecule has 0 spiro atoms. The number of thioether (sulfide) groups is 1. The van der Waals surface area contributed by atoms with Crippen molar-refractivity contribution >= 4 is 39.1 Å². The van der Waals surface area contributed by atoms with Crippen LogP contribution in [0.5, 0.6) is 0 Å². The summed E-state index contributed by atoms with van der Waals surface area (Å²) in [6.45, 7) is -0.516. The number of anilines is 1. The van der Waals surface area contributed by atoms with Gasteiger partial charge in [-0.05, 0) is 23.9 Å². The highest BCUT2D eigenvalue weighted by molar-refractivity contribution is 8.00. The van der Waals surface area contributed by atoms with Crippen molar-refractivity contribution in [1.29, 1.82) is 0 Å². The van der Waals surface area contributed by atoms with Crippen LogP contribution in [-0.2, 0) is 10.0 Å². The maximum Gasteiger partial charge on any atom is 0.441 e. The van der Waals surface area contributed by atoms with Crippen LogP contribution in [0.4, 0.5) is 23.2 Å². The van der Waals surface area contributed by atoms with Gasteiger partial charge in [0.1, 0.15) is 4.90 Å². The predicted octanol–water partition coefficient (Wildman–Crippen LogP) is 2.59. The third-order valence-electron chi connectivity index (χ3n) is 1.98. The fraction of sp³-hybridized carbons (Fsp3) is 0.333. The summed E-state index contributed by atoms with van der Waals surface area (Å²) in [6.07, 6.45) is 0. The summed E-state index contributed by atoms with van der Waals surface area (Å²) >= 11 is 5.17. The van der Waals surface area contributed by atoms with E-state index in [1.54, 1.807) is 0 Å². The third kappa shape index (κ3) is 5.00. The van der Waals surface area contributed by atoms with Gasteiger partial charge in [0, 0.05) is 17.3 Å². The van der Waals surface area contributed by atoms with E-state index in [2.05, 4.69) is 0 Å². The molecule has 0 aliphatic rings. The molecule has 3 N–H and O–H groups in total. The standard InChI is InChI=1S/C9H9ClF4N2O2S2/c10-5-3-6(15)8(11)7(4-5)20(17,18)16-1-2-19-9(12,13)14/h3-4,16H,1-2,15H2. The Morgan fingerprint density at radius 3 is 2.50 bits per heavy atom. The first-order chi connectivity index (χ1) is 9.03. The van der Waals surface area contributed by atoms with E-state index in [-0.39, 0.29) is 5.02 Å². The molecule has 20 heavy (non-hydrogen) atoms. The van der Waals surface area contributed by atoms with Crippen LogP contribution in [0.1, 0.15) is 0 Å². The summed E-state index contributed by atoms with van der Waals surface area (Å²) in [6, 6.07) is 1.85. The minimum atomic E-state index is -4.46. The van der Waals surface area contributed by atoms with E-state index in [9.17, 15) is 26.0 Å². The number of sulfonamides is 1. The number of nitrogens with one attached hydrogen (secondary N) is 1. The number of nitrogens with two attached hydrogens (primary N) is 1. The Morgan fingerprint density at radius 1 is 1.35 bits per heavy atom. The van der Waals surface area contributed by atoms with E-state index >= 15 is 0 Å². The van der Waals surface area contributed by atoms with Crippen LogP contribution < -0.4 is 10.5 Å². The van der Waals surface area contributed by atoms with Crippen molar-refractivity contribution in [1.82, 2.24) is 4.72 Å². The molecule has 0 fully saturated rings. The maximum absolute atomic E-state index is 13.6. The summed E-state index contributed by atoms with van der Waals surface area (Å²) in [5.74, 6) is -1.74. The number of alkyl halides is 3. The normalized spacial score (nSPS) is 12.7. The quantitative estimate of drug-likeness (QED) is 0.485. The van der Waals surface area contributed by atoms with E-state index in [1.165, 1.54) is 0 Å². The minimum absolute atomic E-state index is 0.103. The lowest BCUT2D eigenvalue weighted by Crippen LogP contribution is -2.27. The summed E-state index contributed by atoms with van der Waals surface area (Å²) in [5, 5.41) is -0.103. The molecular weight excluding hydrogens is 344 g/mol. The fourth-order valence-electron chi connectivity index (χ4n) is 1.20. The average Bonchev–Trinajstić information content (AvgIpc) is 2.28. The molecule has 0 radical (unpaired) electrons. The number of nitrogen functional groups attached to an aromatic ring is 1. The summed E-state index contributed by atoms with van der Waals surface area (Å²) in [4.78, 5) is -0.806. The van der Waals surface area contributed by atoms with Gasteiger partial charge in [0.15, 0.2) is 5.82 Å². The van der Waals surface area contributed by atoms with Crippen LogP contribution in [0.2, 0.25) is 5.02 Å². The largest absolute Gasteiger partial charge is 0.441 e. The molecule has 0 bridgehead atoms. The number of rotatable bonds is 5. The SMILES string of the molecule is Nc1cc(Cl)cc(S(=O)(=O)NCCSC(F)(F)F)c1F. The smallest absolute Gasteiger partial charge is 0.396 e. The summed E-state index contributed by atoms with van der Waals surface area (Å²) < 4.78 is 74.5. The monoisotopic (exact) mass is 352 g/mol. The first-order valence-electron chi connectivity index (χ1n) is 4.98. The van der Waals surface area contributed by atoms with Gasteiger partial charge in [-0.3, -0.25) is 0 Å². The van der Waals surface area contributed by atoms with Crippen LogP contribution >= 0.6 is 23.4 Å². The molecule has 0 saturated heterocycles. The topological polar surface area (TPSA) is 72.2 Å². The number of benzene rings is 1. The van der Waals surface area contributed by atoms with E-state index in [1.807, 2.05) is 4.72 Å². The van der Waals surface area contributed by atoms with Crippen molar-refractivity contribution in [2.24, 2.45) is 0 Å². The van der Waals surface area contributed by atoms with Gasteiger partial charge < -0.3 is 5.73 Å². The molecular formula is C9H9ClF4N2O2S2. The second kappa shape index (κ2) is 6.37. The zero-order valence-electron chi connectivity index (χ0n) is 9.67. The Balaban J connectivity index is 2.80. The van der Waals surface area contributed by atoms with Gasteiger partial charge in [0.2, 0.25) is 10.0 Å². The van der Waals surface area contributed by atoms with E-state index in [4.69, 9.17) is 17.3 Å². The van der Waals surface area contributed by atoms with Gasteiger partial charge >= 0.3 is 5.51 Å². The number of hydrogen-bond donors (Lipinski definition) is 2. The van der Waals surface area contributed by atoms with Crippen LogP contribution in [-0.4, -0.2) is 26.2 Å². The predicted molar refractivity (Wildman–Crippen MR) is 69.5 cm³/mol. The molecule has 1 aromatic carbocycles. The first-order valence-corrected chi connectivity index (χ1v) is 7.82.